The lowest BCUT2D eigenvalue weighted by molar-refractivity contribution is 0.276. The van der Waals surface area contributed by atoms with Crippen molar-refractivity contribution in [1.82, 2.24) is 9.80 Å². The quantitative estimate of drug-likeness (QED) is 0.697. The summed E-state index contributed by atoms with van der Waals surface area (Å²) in [5.74, 6) is 0. The molecule has 0 saturated carbocycles. The molecule has 0 aromatic heterocycles. The summed E-state index contributed by atoms with van der Waals surface area (Å²) in [7, 11) is 4.15. The molecule has 1 fully saturated rings. The number of likely N-dealkylation sites (tertiary alicyclic amines) is 1. The number of hydrogen-bond donors (Lipinski definition) is 0. The highest BCUT2D eigenvalue weighted by atomic mass is 15.2. The predicted octanol–water partition coefficient (Wildman–Crippen LogP) is 4.12. The highest BCUT2D eigenvalue weighted by Crippen LogP contribution is 2.09. The second kappa shape index (κ2) is 20.3. The first-order valence-electron chi connectivity index (χ1n) is 7.85. The van der Waals surface area contributed by atoms with Crippen molar-refractivity contribution in [3.8, 4) is 0 Å². The topological polar surface area (TPSA) is 6.48 Å². The first-order valence-corrected chi connectivity index (χ1v) is 7.85. The van der Waals surface area contributed by atoms with Crippen molar-refractivity contribution in [3.63, 3.8) is 0 Å². The number of nitrogens with zero attached hydrogens (tertiary/aromatic N) is 2. The molecule has 0 N–H and O–H groups in total. The van der Waals surface area contributed by atoms with Gasteiger partial charge in [0, 0.05) is 20.5 Å². The third-order valence-corrected chi connectivity index (χ3v) is 2.90. The van der Waals surface area contributed by atoms with Gasteiger partial charge in [0.2, 0.25) is 0 Å². The van der Waals surface area contributed by atoms with E-state index in [2.05, 4.69) is 51.6 Å². The van der Waals surface area contributed by atoms with E-state index in [4.69, 9.17) is 0 Å². The lowest BCUT2D eigenvalue weighted by Crippen LogP contribution is -2.26. The predicted molar refractivity (Wildman–Crippen MR) is 93.2 cm³/mol. The minimum Gasteiger partial charge on any atom is -0.307 e. The molecule has 0 aliphatic carbocycles. The first kappa shape index (κ1) is 27.3. The fourth-order valence-corrected chi connectivity index (χ4v) is 1.26. The van der Waals surface area contributed by atoms with E-state index in [0.29, 0.717) is 6.04 Å². The third kappa shape index (κ3) is 20.5. The van der Waals surface area contributed by atoms with Crippen LogP contribution >= 0.6 is 0 Å². The Kier molecular flexibility index (Phi) is 29.2. The van der Waals surface area contributed by atoms with Crippen LogP contribution in [-0.4, -0.2) is 57.5 Å². The van der Waals surface area contributed by atoms with E-state index in [1.54, 1.807) is 0 Å². The first-order chi connectivity index (χ1) is 8.45. The zero-order valence-electron chi connectivity index (χ0n) is 15.5. The maximum absolute atomic E-state index is 2.53. The van der Waals surface area contributed by atoms with E-state index < -0.39 is 0 Å². The Bertz CT molecular complexity index is 125. The third-order valence-electron chi connectivity index (χ3n) is 2.90. The largest absolute Gasteiger partial charge is 0.307 e. The van der Waals surface area contributed by atoms with Gasteiger partial charge in [-0.3, -0.25) is 0 Å². The molecule has 1 aliphatic rings. The molecule has 0 aromatic rings. The smallest absolute Gasteiger partial charge is 0.00385 e. The average molecular weight is 271 g/mol. The van der Waals surface area contributed by atoms with Crippen LogP contribution in [0.5, 0.6) is 0 Å². The molecule has 1 heterocycles. The van der Waals surface area contributed by atoms with Crippen molar-refractivity contribution < 1.29 is 0 Å². The molecule has 0 amide bonds. The molecule has 0 bridgehead atoms. The summed E-state index contributed by atoms with van der Waals surface area (Å²) in [6, 6.07) is 1.46. The molecule has 0 spiro atoms. The molecular weight excluding hydrogens is 231 g/mol. The van der Waals surface area contributed by atoms with Crippen molar-refractivity contribution in [1.29, 1.82) is 0 Å². The van der Waals surface area contributed by atoms with Gasteiger partial charge in [-0.25, -0.2) is 0 Å². The standard InChI is InChI=1S/C7H15N.C5H13N.2C2H6.B/c1-7(2)8-5-3-4-6-8;1-5(2)6(3)4;2*1-2;/h7H,3-6H2,1-2H3;5H,1-4H3;2*1-2H3;. The van der Waals surface area contributed by atoms with Gasteiger partial charge in [0.15, 0.2) is 0 Å². The van der Waals surface area contributed by atoms with Gasteiger partial charge < -0.3 is 9.80 Å². The van der Waals surface area contributed by atoms with Gasteiger partial charge in [0.1, 0.15) is 0 Å². The van der Waals surface area contributed by atoms with Gasteiger partial charge in [-0.2, -0.15) is 0 Å². The van der Waals surface area contributed by atoms with Crippen LogP contribution in [0, 0.1) is 0 Å². The Morgan fingerprint density at radius 2 is 1.05 bits per heavy atom. The molecule has 2 nitrogen and oxygen atoms in total. The average Bonchev–Trinajstić information content (AvgIpc) is 2.88. The molecular formula is C16H40BN2. The van der Waals surface area contributed by atoms with Gasteiger partial charge in [0.05, 0.1) is 0 Å². The van der Waals surface area contributed by atoms with Crippen LogP contribution in [0.25, 0.3) is 0 Å². The van der Waals surface area contributed by atoms with Gasteiger partial charge >= 0.3 is 0 Å². The Labute approximate surface area is 126 Å². The van der Waals surface area contributed by atoms with Gasteiger partial charge in [-0.05, 0) is 67.7 Å². The summed E-state index contributed by atoms with van der Waals surface area (Å²) in [5.41, 5.74) is 0. The molecule has 3 radical (unpaired) electrons. The highest BCUT2D eigenvalue weighted by Gasteiger charge is 2.13. The molecule has 1 saturated heterocycles. The van der Waals surface area contributed by atoms with Crippen LogP contribution in [0.15, 0.2) is 0 Å². The molecule has 1 rings (SSSR count). The SMILES string of the molecule is CC.CC.CC(C)N(C)C.CC(C)N1CCCC1.[B]. The van der Waals surface area contributed by atoms with Crippen molar-refractivity contribution in [2.75, 3.05) is 27.2 Å². The zero-order valence-corrected chi connectivity index (χ0v) is 15.5. The second-order valence-corrected chi connectivity index (χ2v) is 4.89. The van der Waals surface area contributed by atoms with E-state index in [-0.39, 0.29) is 8.41 Å². The lowest BCUT2D eigenvalue weighted by atomic mass is 10.3. The van der Waals surface area contributed by atoms with Crippen molar-refractivity contribution in [2.45, 2.75) is 80.3 Å². The zero-order chi connectivity index (χ0) is 15.1. The summed E-state index contributed by atoms with van der Waals surface area (Å²) in [6.07, 6.45) is 2.83. The minimum absolute atomic E-state index is 0. The Morgan fingerprint density at radius 1 is 0.789 bits per heavy atom. The van der Waals surface area contributed by atoms with Crippen LogP contribution in [0.3, 0.4) is 0 Å². The minimum atomic E-state index is 0. The Morgan fingerprint density at radius 3 is 1.16 bits per heavy atom. The Balaban J connectivity index is -0.0000000922. The molecule has 0 aromatic carbocycles. The molecule has 1 aliphatic heterocycles. The van der Waals surface area contributed by atoms with Crippen LogP contribution in [-0.2, 0) is 0 Å². The van der Waals surface area contributed by atoms with E-state index >= 15 is 0 Å². The summed E-state index contributed by atoms with van der Waals surface area (Å²) in [5, 5.41) is 0. The second-order valence-electron chi connectivity index (χ2n) is 4.89. The van der Waals surface area contributed by atoms with Crippen molar-refractivity contribution >= 4 is 8.41 Å². The van der Waals surface area contributed by atoms with Crippen molar-refractivity contribution in [2.24, 2.45) is 0 Å². The maximum Gasteiger partial charge on any atom is 0.00385 e. The normalized spacial score (nSPS) is 13.7. The fourth-order valence-electron chi connectivity index (χ4n) is 1.26. The number of hydrogen-bond acceptors (Lipinski definition) is 2. The molecule has 0 atom stereocenters. The molecule has 117 valence electrons. The molecule has 3 heteroatoms. The van der Waals surface area contributed by atoms with Crippen LogP contribution in [0.4, 0.5) is 0 Å². The van der Waals surface area contributed by atoms with Crippen LogP contribution in [0.2, 0.25) is 0 Å². The Hall–Kier alpha value is -0.0151. The van der Waals surface area contributed by atoms with Gasteiger partial charge in [-0.15, -0.1) is 0 Å². The fraction of sp³-hybridized carbons (Fsp3) is 1.00. The van der Waals surface area contributed by atoms with E-state index in [1.807, 2.05) is 27.7 Å². The number of rotatable bonds is 2. The summed E-state index contributed by atoms with van der Waals surface area (Å²) in [6.45, 7) is 19.5. The van der Waals surface area contributed by atoms with Crippen LogP contribution < -0.4 is 0 Å². The van der Waals surface area contributed by atoms with Crippen molar-refractivity contribution in [3.05, 3.63) is 0 Å². The highest BCUT2D eigenvalue weighted by molar-refractivity contribution is 5.75. The monoisotopic (exact) mass is 271 g/mol. The summed E-state index contributed by atoms with van der Waals surface area (Å²) < 4.78 is 0. The van der Waals surface area contributed by atoms with E-state index in [9.17, 15) is 0 Å². The summed E-state index contributed by atoms with van der Waals surface area (Å²) in [4.78, 5) is 4.69. The van der Waals surface area contributed by atoms with E-state index in [1.165, 1.54) is 25.9 Å². The van der Waals surface area contributed by atoms with Crippen LogP contribution in [0.1, 0.15) is 68.2 Å². The molecule has 0 unspecified atom stereocenters. The maximum atomic E-state index is 2.53. The van der Waals surface area contributed by atoms with Gasteiger partial charge in [-0.1, -0.05) is 27.7 Å². The summed E-state index contributed by atoms with van der Waals surface area (Å²) >= 11 is 0. The van der Waals surface area contributed by atoms with E-state index in [0.717, 1.165) is 6.04 Å². The van der Waals surface area contributed by atoms with Gasteiger partial charge in [0.25, 0.3) is 0 Å². The molecule has 19 heavy (non-hydrogen) atoms. The lowest BCUT2D eigenvalue weighted by Gasteiger charge is -2.18.